The lowest BCUT2D eigenvalue weighted by molar-refractivity contribution is -0.144. The molecule has 4 rings (SSSR count). The number of benzene rings is 2. The zero-order chi connectivity index (χ0) is 60.3. The maximum absolute atomic E-state index is 13.8. The van der Waals surface area contributed by atoms with Crippen LogP contribution in [0, 0.1) is 23.7 Å². The molecular weight excluding hydrogens is 1080 g/mol. The highest BCUT2D eigenvalue weighted by Crippen LogP contribution is 2.41. The van der Waals surface area contributed by atoms with Gasteiger partial charge in [0.05, 0.1) is 62.4 Å². The summed E-state index contributed by atoms with van der Waals surface area (Å²) in [6.07, 6.45) is 1.11. The second-order valence-electron chi connectivity index (χ2n) is 20.2. The van der Waals surface area contributed by atoms with E-state index in [2.05, 4.69) is 44.1 Å². The molecule has 448 valence electrons. The van der Waals surface area contributed by atoms with Crippen LogP contribution in [0.3, 0.4) is 0 Å². The standard InChI is InChI=1S/C61H87N7O12P2/c1-14-66(10)52-40-46(28-30-54(52)76-36-20-22-58(69)74-16-3)24-26-48-38-50(64-56(42-48)81(12,72)78-18-5)44-62-32-34-68(60(71)80-61(7,8)9)35-33-63-45-51-39-49(43-57(65-51)82(13,73)79-19-6)27-25-47-29-31-55(53(41-47)67(11)15-2)77-37-21-23-59(70)75-17-4/h28-31,38-43,62-63H,14-23,32-37,44-45H2,1-13H3. The van der Waals surface area contributed by atoms with E-state index >= 15 is 0 Å². The van der Waals surface area contributed by atoms with Crippen molar-refractivity contribution >= 4 is 55.0 Å². The molecule has 0 radical (unpaired) electrons. The van der Waals surface area contributed by atoms with Crippen molar-refractivity contribution in [2.75, 3.05) is 116 Å². The predicted molar refractivity (Wildman–Crippen MR) is 325 cm³/mol. The SMILES string of the molecule is CCOC(=O)CCCOc1ccc(C#Cc2cc(CNCCN(CCNCc3cc(C#Cc4ccc(OCCCC(=O)OCC)c(N(C)CC)c4)cc(P(C)(=O)OCC)n3)C(=O)OC(C)(C)C)nc(P(C)(=O)OCC)c2)cc1N(C)CC. The molecule has 0 aliphatic rings. The lowest BCUT2D eigenvalue weighted by Gasteiger charge is -2.27. The van der Waals surface area contributed by atoms with Gasteiger partial charge < -0.3 is 58.1 Å². The lowest BCUT2D eigenvalue weighted by atomic mass is 10.1. The maximum Gasteiger partial charge on any atom is 0.410 e. The molecule has 21 heteroatoms. The summed E-state index contributed by atoms with van der Waals surface area (Å²) in [6, 6.07) is 18.5. The first-order valence-electron chi connectivity index (χ1n) is 28.2. The molecule has 2 N–H and O–H groups in total. The Balaban J connectivity index is 1.50. The van der Waals surface area contributed by atoms with Crippen LogP contribution in [0.2, 0.25) is 0 Å². The Morgan fingerprint density at radius 2 is 0.976 bits per heavy atom. The molecule has 2 atom stereocenters. The third-order valence-corrected chi connectivity index (χ3v) is 15.9. The molecule has 0 saturated heterocycles. The van der Waals surface area contributed by atoms with Crippen molar-refractivity contribution in [2.45, 2.75) is 107 Å². The van der Waals surface area contributed by atoms with Gasteiger partial charge in [0.25, 0.3) is 0 Å². The third kappa shape index (κ3) is 23.4. The van der Waals surface area contributed by atoms with Gasteiger partial charge in [0.1, 0.15) is 28.0 Å². The third-order valence-electron chi connectivity index (χ3n) is 12.3. The molecular formula is C61H87N7O12P2. The number of rotatable bonds is 32. The van der Waals surface area contributed by atoms with Crippen LogP contribution in [0.25, 0.3) is 0 Å². The highest BCUT2D eigenvalue weighted by atomic mass is 31.2. The quantitative estimate of drug-likeness (QED) is 0.0154. The van der Waals surface area contributed by atoms with E-state index in [1.54, 1.807) is 58.1 Å². The molecule has 2 aromatic carbocycles. The molecule has 1 amide bonds. The van der Waals surface area contributed by atoms with Gasteiger partial charge in [-0.15, -0.1) is 0 Å². The van der Waals surface area contributed by atoms with Gasteiger partial charge >= 0.3 is 18.0 Å². The molecule has 0 aliphatic carbocycles. The number of carbonyl (C=O) groups excluding carboxylic acids is 3. The molecule has 0 fully saturated rings. The number of nitrogens with zero attached hydrogens (tertiary/aromatic N) is 5. The highest BCUT2D eigenvalue weighted by molar-refractivity contribution is 7.66. The zero-order valence-electron chi connectivity index (χ0n) is 50.5. The van der Waals surface area contributed by atoms with E-state index in [0.29, 0.717) is 97.2 Å². The number of hydrogen-bond acceptors (Lipinski definition) is 18. The summed E-state index contributed by atoms with van der Waals surface area (Å²) in [5.41, 5.74) is 5.40. The highest BCUT2D eigenvalue weighted by Gasteiger charge is 2.25. The number of hydrogen-bond donors (Lipinski definition) is 2. The summed E-state index contributed by atoms with van der Waals surface area (Å²) in [5, 5.41) is 6.79. The Labute approximate surface area is 487 Å². The Bertz CT molecular complexity index is 2780. The molecule has 2 unspecified atom stereocenters. The Morgan fingerprint density at radius 1 is 0.573 bits per heavy atom. The van der Waals surface area contributed by atoms with E-state index in [4.69, 9.17) is 42.7 Å². The average Bonchev–Trinajstić information content (AvgIpc) is 3.50. The molecule has 0 spiro atoms. The van der Waals surface area contributed by atoms with Gasteiger partial charge in [0.15, 0.2) is 0 Å². The van der Waals surface area contributed by atoms with Gasteiger partial charge in [0, 0.05) is 115 Å². The second-order valence-corrected chi connectivity index (χ2v) is 25.0. The van der Waals surface area contributed by atoms with Gasteiger partial charge in [-0.1, -0.05) is 23.7 Å². The predicted octanol–water partition coefficient (Wildman–Crippen LogP) is 8.89. The second kappa shape index (κ2) is 34.2. The van der Waals surface area contributed by atoms with Crippen molar-refractivity contribution in [3.8, 4) is 35.2 Å². The van der Waals surface area contributed by atoms with E-state index in [9.17, 15) is 23.5 Å². The average molecular weight is 1170 g/mol. The minimum atomic E-state index is -3.31. The summed E-state index contributed by atoms with van der Waals surface area (Å²) >= 11 is 0. The van der Waals surface area contributed by atoms with E-state index in [-0.39, 0.29) is 64.2 Å². The first-order valence-corrected chi connectivity index (χ1v) is 32.4. The molecule has 4 aromatic rings. The van der Waals surface area contributed by atoms with Gasteiger partial charge in [-0.3, -0.25) is 18.7 Å². The Kier molecular flexibility index (Phi) is 28.4. The number of esters is 2. The van der Waals surface area contributed by atoms with Crippen LogP contribution in [0.15, 0.2) is 60.7 Å². The van der Waals surface area contributed by atoms with Crippen LogP contribution < -0.4 is 40.8 Å². The Morgan fingerprint density at radius 3 is 1.34 bits per heavy atom. The van der Waals surface area contributed by atoms with Crippen LogP contribution >= 0.6 is 14.7 Å². The van der Waals surface area contributed by atoms with E-state index in [1.165, 1.54) is 0 Å². The number of amides is 1. The fourth-order valence-electron chi connectivity index (χ4n) is 7.92. The van der Waals surface area contributed by atoms with Crippen LogP contribution in [0.4, 0.5) is 16.2 Å². The van der Waals surface area contributed by atoms with E-state index < -0.39 is 26.4 Å². The fourth-order valence-corrected chi connectivity index (χ4v) is 10.5. The normalized spacial score (nSPS) is 12.5. The lowest BCUT2D eigenvalue weighted by Crippen LogP contribution is -2.43. The Hall–Kier alpha value is -6.43. The van der Waals surface area contributed by atoms with E-state index in [1.807, 2.05) is 97.2 Å². The minimum Gasteiger partial charge on any atom is -0.491 e. The number of nitrogens with one attached hydrogen (secondary N) is 2. The van der Waals surface area contributed by atoms with Crippen LogP contribution in [-0.4, -0.2) is 145 Å². The molecule has 2 aromatic heterocycles. The fraction of sp³-hybridized carbons (Fsp3) is 0.525. The van der Waals surface area contributed by atoms with Crippen LogP contribution in [-0.2, 0) is 55.1 Å². The minimum absolute atomic E-state index is 0.238. The van der Waals surface area contributed by atoms with Crippen molar-refractivity contribution in [1.82, 2.24) is 25.5 Å². The van der Waals surface area contributed by atoms with Gasteiger partial charge in [-0.2, -0.15) is 0 Å². The number of ether oxygens (including phenoxy) is 5. The van der Waals surface area contributed by atoms with Gasteiger partial charge in [0.2, 0.25) is 14.7 Å². The van der Waals surface area contributed by atoms with Crippen molar-refractivity contribution in [3.63, 3.8) is 0 Å². The number of anilines is 2. The molecule has 0 saturated carbocycles. The molecule has 0 aliphatic heterocycles. The molecule has 0 bridgehead atoms. The largest absolute Gasteiger partial charge is 0.491 e. The van der Waals surface area contributed by atoms with Gasteiger partial charge in [-0.05, 0) is 136 Å². The van der Waals surface area contributed by atoms with Crippen LogP contribution in [0.1, 0.15) is 122 Å². The van der Waals surface area contributed by atoms with Crippen LogP contribution in [0.5, 0.6) is 11.5 Å². The number of pyridine rings is 2. The summed E-state index contributed by atoms with van der Waals surface area (Å²) in [7, 11) is -2.68. The summed E-state index contributed by atoms with van der Waals surface area (Å²) in [4.78, 5) is 52.5. The maximum atomic E-state index is 13.8. The first-order chi connectivity index (χ1) is 39.0. The van der Waals surface area contributed by atoms with Crippen molar-refractivity contribution < 1.29 is 56.2 Å². The molecule has 2 heterocycles. The first kappa shape index (κ1) is 68.1. The summed E-state index contributed by atoms with van der Waals surface area (Å²) in [6.45, 7) is 24.9. The zero-order valence-corrected chi connectivity index (χ0v) is 52.3. The van der Waals surface area contributed by atoms with Crippen molar-refractivity contribution in [2.24, 2.45) is 0 Å². The summed E-state index contributed by atoms with van der Waals surface area (Å²) < 4.78 is 67.0. The molecule has 19 nitrogen and oxygen atoms in total. The van der Waals surface area contributed by atoms with Crippen molar-refractivity contribution in [1.29, 1.82) is 0 Å². The van der Waals surface area contributed by atoms with Crippen molar-refractivity contribution in [3.05, 3.63) is 94.3 Å². The monoisotopic (exact) mass is 1170 g/mol. The molecule has 82 heavy (non-hydrogen) atoms. The topological polar surface area (TPSA) is 210 Å². The van der Waals surface area contributed by atoms with E-state index in [0.717, 1.165) is 35.6 Å². The smallest absolute Gasteiger partial charge is 0.410 e. The van der Waals surface area contributed by atoms with Gasteiger partial charge in [-0.25, -0.2) is 14.8 Å². The number of carbonyl (C=O) groups is 3. The number of aromatic nitrogens is 2. The summed E-state index contributed by atoms with van der Waals surface area (Å²) in [5.74, 6) is 13.9.